The lowest BCUT2D eigenvalue weighted by atomic mass is 10.2. The van der Waals surface area contributed by atoms with Gasteiger partial charge in [0.05, 0.1) is 6.61 Å². The summed E-state index contributed by atoms with van der Waals surface area (Å²) in [6.45, 7) is 4.71. The minimum Gasteiger partial charge on any atom is -0.477 e. The van der Waals surface area contributed by atoms with Crippen molar-refractivity contribution in [1.29, 1.82) is 0 Å². The second kappa shape index (κ2) is 10.1. The average Bonchev–Trinajstić information content (AvgIpc) is 3.40. The minimum absolute atomic E-state index is 0.719. The van der Waals surface area contributed by atoms with Crippen molar-refractivity contribution >= 4 is 5.96 Å². The first kappa shape index (κ1) is 17.6. The predicted octanol–water partition coefficient (Wildman–Crippen LogP) is 3.12. The highest BCUT2D eigenvalue weighted by Crippen LogP contribution is 2.29. The number of nitrogens with zero attached hydrogens (tertiary/aromatic N) is 2. The number of rotatable bonds is 10. The summed E-state index contributed by atoms with van der Waals surface area (Å²) in [4.78, 5) is 8.53. The normalized spacial score (nSPS) is 14.6. The summed E-state index contributed by atoms with van der Waals surface area (Å²) < 4.78 is 5.72. The number of nitrogens with one attached hydrogen (secondary N) is 2. The van der Waals surface area contributed by atoms with Gasteiger partial charge < -0.3 is 15.4 Å². The molecule has 0 radical (unpaired) electrons. The molecule has 1 aromatic rings. The van der Waals surface area contributed by atoms with Crippen molar-refractivity contribution in [2.24, 2.45) is 10.9 Å². The van der Waals surface area contributed by atoms with Crippen LogP contribution in [0.25, 0.3) is 0 Å². The Morgan fingerprint density at radius 3 is 2.91 bits per heavy atom. The fourth-order valence-electron chi connectivity index (χ4n) is 2.29. The average molecular weight is 318 g/mol. The molecule has 0 aliphatic heterocycles. The Hall–Kier alpha value is -1.78. The van der Waals surface area contributed by atoms with Crippen molar-refractivity contribution in [3.63, 3.8) is 0 Å². The quantitative estimate of drug-likeness (QED) is 0.395. The van der Waals surface area contributed by atoms with Crippen LogP contribution in [0.1, 0.15) is 51.0 Å². The van der Waals surface area contributed by atoms with Crippen molar-refractivity contribution in [2.75, 3.05) is 20.2 Å². The van der Waals surface area contributed by atoms with Crippen molar-refractivity contribution in [3.8, 4) is 5.88 Å². The van der Waals surface area contributed by atoms with Gasteiger partial charge in [-0.05, 0) is 36.8 Å². The number of unbranched alkanes of at least 4 members (excludes halogenated alkanes) is 3. The van der Waals surface area contributed by atoms with Gasteiger partial charge in [-0.1, -0.05) is 26.2 Å². The highest BCUT2D eigenvalue weighted by molar-refractivity contribution is 5.79. The second-order valence-corrected chi connectivity index (χ2v) is 6.17. The van der Waals surface area contributed by atoms with Crippen molar-refractivity contribution in [2.45, 2.75) is 52.0 Å². The van der Waals surface area contributed by atoms with Crippen LogP contribution in [0.5, 0.6) is 5.88 Å². The number of aliphatic imine (C=N–C) groups is 1. The predicted molar refractivity (Wildman–Crippen MR) is 94.8 cm³/mol. The Balaban J connectivity index is 1.69. The summed E-state index contributed by atoms with van der Waals surface area (Å²) in [5.74, 6) is 2.31. The van der Waals surface area contributed by atoms with Crippen LogP contribution in [-0.2, 0) is 6.54 Å². The molecule has 2 rings (SSSR count). The molecule has 0 spiro atoms. The Morgan fingerprint density at radius 2 is 2.17 bits per heavy atom. The lowest BCUT2D eigenvalue weighted by molar-refractivity contribution is 0.288. The Labute approximate surface area is 139 Å². The Kier molecular flexibility index (Phi) is 7.70. The number of aromatic nitrogens is 1. The number of hydrogen-bond acceptors (Lipinski definition) is 3. The fourth-order valence-corrected chi connectivity index (χ4v) is 2.29. The molecular formula is C18H30N4O. The summed E-state index contributed by atoms with van der Waals surface area (Å²) >= 11 is 0. The summed E-state index contributed by atoms with van der Waals surface area (Å²) in [5, 5.41) is 6.69. The maximum absolute atomic E-state index is 5.72. The van der Waals surface area contributed by atoms with Gasteiger partial charge in [-0.25, -0.2) is 4.98 Å². The Morgan fingerprint density at radius 1 is 1.30 bits per heavy atom. The summed E-state index contributed by atoms with van der Waals surface area (Å²) in [6.07, 6.45) is 9.41. The molecule has 1 aliphatic carbocycles. The molecule has 1 fully saturated rings. The van der Waals surface area contributed by atoms with Gasteiger partial charge in [-0.15, -0.1) is 0 Å². The van der Waals surface area contributed by atoms with Gasteiger partial charge in [0, 0.05) is 32.4 Å². The number of guanidine groups is 1. The van der Waals surface area contributed by atoms with Crippen LogP contribution >= 0.6 is 0 Å². The third kappa shape index (κ3) is 7.35. The second-order valence-electron chi connectivity index (χ2n) is 6.17. The number of hydrogen-bond donors (Lipinski definition) is 2. The molecule has 5 heteroatoms. The molecule has 1 saturated carbocycles. The number of pyridine rings is 1. The van der Waals surface area contributed by atoms with E-state index in [0.29, 0.717) is 0 Å². The van der Waals surface area contributed by atoms with E-state index in [-0.39, 0.29) is 0 Å². The highest BCUT2D eigenvalue weighted by Gasteiger charge is 2.22. The first-order valence-corrected chi connectivity index (χ1v) is 8.84. The first-order chi connectivity index (χ1) is 11.3. The van der Waals surface area contributed by atoms with Crippen LogP contribution in [-0.4, -0.2) is 31.1 Å². The van der Waals surface area contributed by atoms with E-state index in [1.54, 1.807) is 13.2 Å². The van der Waals surface area contributed by atoms with E-state index < -0.39 is 0 Å². The highest BCUT2D eigenvalue weighted by atomic mass is 16.5. The largest absolute Gasteiger partial charge is 0.477 e. The van der Waals surface area contributed by atoms with E-state index in [4.69, 9.17) is 4.74 Å². The Bertz CT molecular complexity index is 486. The van der Waals surface area contributed by atoms with Gasteiger partial charge in [-0.2, -0.15) is 0 Å². The van der Waals surface area contributed by atoms with E-state index in [2.05, 4.69) is 27.5 Å². The van der Waals surface area contributed by atoms with Crippen LogP contribution in [0, 0.1) is 5.92 Å². The zero-order chi connectivity index (χ0) is 16.3. The van der Waals surface area contributed by atoms with Crippen molar-refractivity contribution in [3.05, 3.63) is 23.9 Å². The van der Waals surface area contributed by atoms with E-state index in [1.807, 2.05) is 12.1 Å². The maximum atomic E-state index is 5.72. The van der Waals surface area contributed by atoms with E-state index in [1.165, 1.54) is 38.5 Å². The van der Waals surface area contributed by atoms with Gasteiger partial charge in [0.15, 0.2) is 5.96 Å². The molecule has 0 saturated heterocycles. The zero-order valence-electron chi connectivity index (χ0n) is 14.5. The lowest BCUT2D eigenvalue weighted by Gasteiger charge is -2.12. The van der Waals surface area contributed by atoms with Crippen molar-refractivity contribution < 1.29 is 4.74 Å². The molecule has 23 heavy (non-hydrogen) atoms. The molecule has 2 N–H and O–H groups in total. The van der Waals surface area contributed by atoms with E-state index in [9.17, 15) is 0 Å². The molecule has 1 aliphatic rings. The first-order valence-electron chi connectivity index (χ1n) is 8.84. The minimum atomic E-state index is 0.719. The molecule has 5 nitrogen and oxygen atoms in total. The summed E-state index contributed by atoms with van der Waals surface area (Å²) in [5.41, 5.74) is 1.15. The molecule has 0 bridgehead atoms. The van der Waals surface area contributed by atoms with Crippen molar-refractivity contribution in [1.82, 2.24) is 15.6 Å². The molecule has 0 amide bonds. The van der Waals surface area contributed by atoms with Crippen LogP contribution in [0.4, 0.5) is 0 Å². The van der Waals surface area contributed by atoms with E-state index >= 15 is 0 Å². The monoisotopic (exact) mass is 318 g/mol. The van der Waals surface area contributed by atoms with Gasteiger partial charge in [-0.3, -0.25) is 4.99 Å². The third-order valence-electron chi connectivity index (χ3n) is 3.97. The zero-order valence-corrected chi connectivity index (χ0v) is 14.5. The van der Waals surface area contributed by atoms with Crippen LogP contribution < -0.4 is 15.4 Å². The maximum Gasteiger partial charge on any atom is 0.213 e. The van der Waals surface area contributed by atoms with Gasteiger partial charge >= 0.3 is 0 Å². The van der Waals surface area contributed by atoms with Gasteiger partial charge in [0.25, 0.3) is 0 Å². The molecule has 0 unspecified atom stereocenters. The summed E-state index contributed by atoms with van der Waals surface area (Å²) in [7, 11) is 1.80. The molecule has 1 heterocycles. The fraction of sp³-hybridized carbons (Fsp3) is 0.667. The van der Waals surface area contributed by atoms with Crippen LogP contribution in [0.15, 0.2) is 23.3 Å². The molecule has 128 valence electrons. The number of ether oxygens (including phenoxy) is 1. The van der Waals surface area contributed by atoms with E-state index in [0.717, 1.165) is 43.0 Å². The molecular weight excluding hydrogens is 288 g/mol. The molecule has 0 aromatic carbocycles. The topological polar surface area (TPSA) is 58.5 Å². The van der Waals surface area contributed by atoms with Gasteiger partial charge in [0.1, 0.15) is 0 Å². The smallest absolute Gasteiger partial charge is 0.213 e. The van der Waals surface area contributed by atoms with Crippen LogP contribution in [0.3, 0.4) is 0 Å². The SMILES string of the molecule is CCCCCCNC(=NC)NCc1ccnc(OCC2CC2)c1. The molecule has 1 aromatic heterocycles. The summed E-state index contributed by atoms with van der Waals surface area (Å²) in [6, 6.07) is 4.01. The standard InChI is InChI=1S/C18H30N4O/c1-3-4-5-6-10-21-18(19-2)22-13-16-9-11-20-17(12-16)23-14-15-7-8-15/h9,11-12,15H,3-8,10,13-14H2,1-2H3,(H2,19,21,22). The lowest BCUT2D eigenvalue weighted by Crippen LogP contribution is -2.37. The van der Waals surface area contributed by atoms with Gasteiger partial charge in [0.2, 0.25) is 5.88 Å². The molecule has 0 atom stereocenters. The van der Waals surface area contributed by atoms with Crippen LogP contribution in [0.2, 0.25) is 0 Å². The third-order valence-corrected chi connectivity index (χ3v) is 3.97.